The number of rotatable bonds is 8. The molecule has 3 N–H and O–H groups in total. The van der Waals surface area contributed by atoms with Crippen LogP contribution in [0.2, 0.25) is 0 Å². The molecule has 22 heavy (non-hydrogen) atoms. The van der Waals surface area contributed by atoms with Crippen LogP contribution in [0.15, 0.2) is 24.3 Å². The summed E-state index contributed by atoms with van der Waals surface area (Å²) in [4.78, 5) is 24.7. The lowest BCUT2D eigenvalue weighted by Gasteiger charge is -2.16. The van der Waals surface area contributed by atoms with Crippen LogP contribution in [0.5, 0.6) is 0 Å². The molecular formula is C17H28N3O2+. The molecule has 122 valence electrons. The van der Waals surface area contributed by atoms with Gasteiger partial charge in [-0.25, -0.2) is 0 Å². The lowest BCUT2D eigenvalue weighted by Crippen LogP contribution is -3.11. The second-order valence-corrected chi connectivity index (χ2v) is 5.98. The van der Waals surface area contributed by atoms with Gasteiger partial charge in [-0.05, 0) is 32.4 Å². The van der Waals surface area contributed by atoms with Crippen LogP contribution in [0.3, 0.4) is 0 Å². The Kier molecular flexibility index (Phi) is 7.60. The van der Waals surface area contributed by atoms with Gasteiger partial charge in [0.25, 0.3) is 11.8 Å². The number of anilines is 1. The lowest BCUT2D eigenvalue weighted by molar-refractivity contribution is -0.862. The Bertz CT molecular complexity index is 485. The summed E-state index contributed by atoms with van der Waals surface area (Å²) in [6, 6.07) is 7.85. The molecule has 0 heterocycles. The maximum Gasteiger partial charge on any atom is 0.279 e. The molecular weight excluding hydrogens is 278 g/mol. The number of likely N-dealkylation sites (N-methyl/N-ethyl adjacent to an activating group) is 1. The van der Waals surface area contributed by atoms with E-state index in [-0.39, 0.29) is 24.4 Å². The molecule has 2 amide bonds. The fourth-order valence-corrected chi connectivity index (χ4v) is 2.28. The van der Waals surface area contributed by atoms with Crippen LogP contribution in [0.1, 0.15) is 32.3 Å². The quantitative estimate of drug-likeness (QED) is 0.664. The molecule has 0 radical (unpaired) electrons. The summed E-state index contributed by atoms with van der Waals surface area (Å²) in [7, 11) is 1.85. The summed E-state index contributed by atoms with van der Waals surface area (Å²) in [5.41, 5.74) is 1.93. The van der Waals surface area contributed by atoms with Gasteiger partial charge in [0, 0.05) is 11.7 Å². The molecule has 0 spiro atoms. The van der Waals surface area contributed by atoms with Gasteiger partial charge in [-0.2, -0.15) is 0 Å². The van der Waals surface area contributed by atoms with Gasteiger partial charge in [-0.1, -0.05) is 31.0 Å². The first-order chi connectivity index (χ1) is 10.4. The van der Waals surface area contributed by atoms with E-state index in [9.17, 15) is 9.59 Å². The second-order valence-electron chi connectivity index (χ2n) is 5.98. The van der Waals surface area contributed by atoms with Crippen molar-refractivity contribution in [2.45, 2.75) is 39.7 Å². The number of benzene rings is 1. The van der Waals surface area contributed by atoms with Crippen molar-refractivity contribution in [1.29, 1.82) is 0 Å². The molecule has 1 aromatic carbocycles. The van der Waals surface area contributed by atoms with E-state index in [1.807, 2.05) is 45.2 Å². The number of carbonyl (C=O) groups excluding carboxylic acids is 2. The van der Waals surface area contributed by atoms with Crippen LogP contribution in [0.25, 0.3) is 0 Å². The van der Waals surface area contributed by atoms with Crippen molar-refractivity contribution in [2.24, 2.45) is 0 Å². The van der Waals surface area contributed by atoms with Crippen LogP contribution in [0.4, 0.5) is 5.69 Å². The van der Waals surface area contributed by atoms with Crippen molar-refractivity contribution in [1.82, 2.24) is 5.32 Å². The van der Waals surface area contributed by atoms with Gasteiger partial charge in [0.15, 0.2) is 13.1 Å². The van der Waals surface area contributed by atoms with Crippen LogP contribution in [-0.2, 0) is 9.59 Å². The SMILES string of the molecule is CCC[C@@H](C)NC(=O)C[NH+](C)CC(=O)Nc1ccc(C)cc1. The van der Waals surface area contributed by atoms with Crippen LogP contribution >= 0.6 is 0 Å². The molecule has 0 saturated heterocycles. The highest BCUT2D eigenvalue weighted by molar-refractivity contribution is 5.91. The summed E-state index contributed by atoms with van der Waals surface area (Å²) in [6.45, 7) is 6.66. The van der Waals surface area contributed by atoms with Gasteiger partial charge in [0.1, 0.15) is 0 Å². The normalized spacial score (nSPS) is 13.3. The highest BCUT2D eigenvalue weighted by Crippen LogP contribution is 2.07. The van der Waals surface area contributed by atoms with E-state index in [1.54, 1.807) is 0 Å². The van der Waals surface area contributed by atoms with Gasteiger partial charge in [-0.3, -0.25) is 9.59 Å². The number of hydrogen-bond acceptors (Lipinski definition) is 2. The lowest BCUT2D eigenvalue weighted by atomic mass is 10.2. The first-order valence-electron chi connectivity index (χ1n) is 7.88. The molecule has 5 heteroatoms. The van der Waals surface area contributed by atoms with E-state index in [1.165, 1.54) is 0 Å². The number of quaternary nitrogens is 1. The maximum atomic E-state index is 12.0. The van der Waals surface area contributed by atoms with E-state index in [4.69, 9.17) is 0 Å². The summed E-state index contributed by atoms with van der Waals surface area (Å²) in [6.07, 6.45) is 2.02. The van der Waals surface area contributed by atoms with Crippen molar-refractivity contribution in [3.8, 4) is 0 Å². The predicted octanol–water partition coefficient (Wildman–Crippen LogP) is 0.753. The molecule has 0 aliphatic carbocycles. The fourth-order valence-electron chi connectivity index (χ4n) is 2.28. The Morgan fingerprint density at radius 2 is 1.73 bits per heavy atom. The number of aryl methyl sites for hydroxylation is 1. The van der Waals surface area contributed by atoms with E-state index in [2.05, 4.69) is 17.6 Å². The average molecular weight is 306 g/mol. The smallest absolute Gasteiger partial charge is 0.279 e. The molecule has 0 aromatic heterocycles. The number of carbonyl (C=O) groups is 2. The van der Waals surface area contributed by atoms with E-state index in [0.717, 1.165) is 29.0 Å². The van der Waals surface area contributed by atoms with Gasteiger partial charge in [0.2, 0.25) is 0 Å². The number of nitrogens with one attached hydrogen (secondary N) is 3. The summed E-state index contributed by atoms with van der Waals surface area (Å²) in [5.74, 6) is -0.0997. The second kappa shape index (κ2) is 9.20. The third-order valence-corrected chi connectivity index (χ3v) is 3.39. The highest BCUT2D eigenvalue weighted by Gasteiger charge is 2.15. The monoisotopic (exact) mass is 306 g/mol. The first kappa shape index (κ1) is 18.2. The van der Waals surface area contributed by atoms with Crippen LogP contribution in [-0.4, -0.2) is 38.0 Å². The van der Waals surface area contributed by atoms with E-state index >= 15 is 0 Å². The topological polar surface area (TPSA) is 62.6 Å². The summed E-state index contributed by atoms with van der Waals surface area (Å²) in [5, 5.41) is 5.79. The van der Waals surface area contributed by atoms with Crippen molar-refractivity contribution < 1.29 is 14.5 Å². The van der Waals surface area contributed by atoms with Gasteiger partial charge < -0.3 is 15.5 Å². The molecule has 1 unspecified atom stereocenters. The van der Waals surface area contributed by atoms with Crippen LogP contribution < -0.4 is 15.5 Å². The minimum Gasteiger partial charge on any atom is -0.349 e. The maximum absolute atomic E-state index is 12.0. The molecule has 1 aromatic rings. The van der Waals surface area contributed by atoms with Crippen molar-refractivity contribution in [3.63, 3.8) is 0 Å². The van der Waals surface area contributed by atoms with Crippen molar-refractivity contribution >= 4 is 17.5 Å². The Labute approximate surface area is 133 Å². The Balaban J connectivity index is 2.34. The number of amides is 2. The van der Waals surface area contributed by atoms with Gasteiger partial charge >= 0.3 is 0 Å². The average Bonchev–Trinajstić information content (AvgIpc) is 2.40. The molecule has 2 atom stereocenters. The molecule has 5 nitrogen and oxygen atoms in total. The number of hydrogen-bond donors (Lipinski definition) is 3. The molecule has 0 bridgehead atoms. The molecule has 0 aliphatic rings. The van der Waals surface area contributed by atoms with Crippen molar-refractivity contribution in [2.75, 3.05) is 25.5 Å². The molecule has 0 fully saturated rings. The summed E-state index contributed by atoms with van der Waals surface area (Å²) >= 11 is 0. The third kappa shape index (κ3) is 7.22. The van der Waals surface area contributed by atoms with Gasteiger partial charge in [0.05, 0.1) is 7.05 Å². The summed E-state index contributed by atoms with van der Waals surface area (Å²) < 4.78 is 0. The highest BCUT2D eigenvalue weighted by atomic mass is 16.2. The van der Waals surface area contributed by atoms with Gasteiger partial charge in [-0.15, -0.1) is 0 Å². The predicted molar refractivity (Wildman–Crippen MR) is 88.9 cm³/mol. The minimum absolute atomic E-state index is 0.0124. The molecule has 1 rings (SSSR count). The zero-order chi connectivity index (χ0) is 16.5. The van der Waals surface area contributed by atoms with E-state index < -0.39 is 0 Å². The Morgan fingerprint density at radius 1 is 1.14 bits per heavy atom. The minimum atomic E-state index is -0.0873. The third-order valence-electron chi connectivity index (χ3n) is 3.39. The van der Waals surface area contributed by atoms with Crippen LogP contribution in [0, 0.1) is 6.92 Å². The zero-order valence-corrected chi connectivity index (χ0v) is 14.0. The zero-order valence-electron chi connectivity index (χ0n) is 14.0. The first-order valence-corrected chi connectivity index (χ1v) is 7.88. The Hall–Kier alpha value is -1.88. The van der Waals surface area contributed by atoms with E-state index in [0.29, 0.717) is 6.54 Å². The molecule has 0 saturated carbocycles. The molecule has 0 aliphatic heterocycles. The Morgan fingerprint density at radius 3 is 2.32 bits per heavy atom. The largest absolute Gasteiger partial charge is 0.349 e. The van der Waals surface area contributed by atoms with Crippen molar-refractivity contribution in [3.05, 3.63) is 29.8 Å². The fraction of sp³-hybridized carbons (Fsp3) is 0.529. The standard InChI is InChI=1S/C17H27N3O2/c1-5-6-14(3)18-16(21)11-20(4)12-17(22)19-15-9-7-13(2)8-10-15/h7-10,14H,5-6,11-12H2,1-4H3,(H,18,21)(H,19,22)/p+1/t14-/m1/s1.